The van der Waals surface area contributed by atoms with Crippen LogP contribution < -0.4 is 5.32 Å². The highest BCUT2D eigenvalue weighted by Gasteiger charge is 2.34. The highest BCUT2D eigenvalue weighted by molar-refractivity contribution is 6.31. The van der Waals surface area contributed by atoms with Crippen molar-refractivity contribution in [2.45, 2.75) is 19.9 Å². The molecule has 1 saturated heterocycles. The highest BCUT2D eigenvalue weighted by atomic mass is 35.5. The minimum absolute atomic E-state index is 0.0766. The molecule has 0 radical (unpaired) electrons. The largest absolute Gasteiger partial charge is 0.338 e. The molecular formula is C19H18ClFN2O2. The van der Waals surface area contributed by atoms with Crippen molar-refractivity contribution in [1.82, 2.24) is 4.90 Å². The summed E-state index contributed by atoms with van der Waals surface area (Å²) < 4.78 is 13.0. The van der Waals surface area contributed by atoms with Gasteiger partial charge in [-0.1, -0.05) is 29.8 Å². The Morgan fingerprint density at radius 1 is 1.28 bits per heavy atom. The molecule has 4 nitrogen and oxygen atoms in total. The van der Waals surface area contributed by atoms with Crippen LogP contribution >= 0.6 is 11.6 Å². The van der Waals surface area contributed by atoms with Crippen LogP contribution in [0.1, 0.15) is 17.5 Å². The van der Waals surface area contributed by atoms with Gasteiger partial charge in [0, 0.05) is 30.2 Å². The molecule has 1 heterocycles. The molecule has 0 saturated carbocycles. The van der Waals surface area contributed by atoms with Crippen molar-refractivity contribution in [3.05, 3.63) is 64.4 Å². The zero-order valence-corrected chi connectivity index (χ0v) is 14.5. The molecule has 2 aromatic rings. The molecule has 1 aliphatic heterocycles. The second-order valence-corrected chi connectivity index (χ2v) is 6.61. The molecule has 1 aliphatic rings. The van der Waals surface area contributed by atoms with E-state index in [1.54, 1.807) is 35.2 Å². The first-order chi connectivity index (χ1) is 11.9. The number of amides is 2. The van der Waals surface area contributed by atoms with Gasteiger partial charge in [0.05, 0.1) is 5.92 Å². The molecule has 0 aromatic heterocycles. The standard InChI is InChI=1S/C19H18ClFN2O2/c1-12-16(20)3-2-4-17(12)22-19(25)14-9-18(24)23(11-14)10-13-5-7-15(21)8-6-13/h2-8,14H,9-11H2,1H3,(H,22,25). The van der Waals surface area contributed by atoms with E-state index in [1.165, 1.54) is 12.1 Å². The molecular weight excluding hydrogens is 343 g/mol. The van der Waals surface area contributed by atoms with Crippen LogP contribution in [0.4, 0.5) is 10.1 Å². The lowest BCUT2D eigenvalue weighted by Crippen LogP contribution is -2.28. The third kappa shape index (κ3) is 3.99. The Hall–Kier alpha value is -2.40. The zero-order chi connectivity index (χ0) is 18.0. The van der Waals surface area contributed by atoms with Crippen molar-refractivity contribution >= 4 is 29.1 Å². The number of rotatable bonds is 4. The number of nitrogens with zero attached hydrogens (tertiary/aromatic N) is 1. The fourth-order valence-corrected chi connectivity index (χ4v) is 3.06. The number of anilines is 1. The smallest absolute Gasteiger partial charge is 0.229 e. The van der Waals surface area contributed by atoms with Gasteiger partial charge >= 0.3 is 0 Å². The van der Waals surface area contributed by atoms with Crippen LogP contribution in [0.3, 0.4) is 0 Å². The van der Waals surface area contributed by atoms with Crippen LogP contribution in [-0.4, -0.2) is 23.3 Å². The number of benzene rings is 2. The summed E-state index contributed by atoms with van der Waals surface area (Å²) in [5.74, 6) is -0.996. The lowest BCUT2D eigenvalue weighted by atomic mass is 10.1. The minimum Gasteiger partial charge on any atom is -0.338 e. The third-order valence-electron chi connectivity index (χ3n) is 4.40. The third-order valence-corrected chi connectivity index (χ3v) is 4.81. The predicted octanol–water partition coefficient (Wildman–Crippen LogP) is 3.77. The lowest BCUT2D eigenvalue weighted by molar-refractivity contribution is -0.128. The van der Waals surface area contributed by atoms with Crippen molar-refractivity contribution in [1.29, 1.82) is 0 Å². The van der Waals surface area contributed by atoms with Gasteiger partial charge in [-0.05, 0) is 42.3 Å². The SMILES string of the molecule is Cc1c(Cl)cccc1NC(=O)C1CC(=O)N(Cc2ccc(F)cc2)C1. The summed E-state index contributed by atoms with van der Waals surface area (Å²) in [6, 6.07) is 11.3. The number of carbonyl (C=O) groups excluding carboxylic acids is 2. The summed E-state index contributed by atoms with van der Waals surface area (Å²) in [5, 5.41) is 3.44. The molecule has 0 bridgehead atoms. The molecule has 0 aliphatic carbocycles. The van der Waals surface area contributed by atoms with Crippen molar-refractivity contribution in [3.63, 3.8) is 0 Å². The van der Waals surface area contributed by atoms with E-state index in [0.29, 0.717) is 23.8 Å². The van der Waals surface area contributed by atoms with E-state index in [2.05, 4.69) is 5.32 Å². The van der Waals surface area contributed by atoms with E-state index < -0.39 is 5.92 Å². The van der Waals surface area contributed by atoms with E-state index in [4.69, 9.17) is 11.6 Å². The first-order valence-corrected chi connectivity index (χ1v) is 8.40. The number of hydrogen-bond acceptors (Lipinski definition) is 2. The molecule has 1 fully saturated rings. The topological polar surface area (TPSA) is 49.4 Å². The molecule has 0 spiro atoms. The molecule has 130 valence electrons. The van der Waals surface area contributed by atoms with Crippen molar-refractivity contribution in [2.24, 2.45) is 5.92 Å². The first kappa shape index (κ1) is 17.4. The fraction of sp³-hybridized carbons (Fsp3) is 0.263. The summed E-state index contributed by atoms with van der Waals surface area (Å²) in [7, 11) is 0. The minimum atomic E-state index is -0.411. The van der Waals surface area contributed by atoms with Crippen LogP contribution in [0, 0.1) is 18.7 Å². The Kier molecular flexibility index (Phi) is 5.04. The quantitative estimate of drug-likeness (QED) is 0.902. The second kappa shape index (κ2) is 7.23. The monoisotopic (exact) mass is 360 g/mol. The molecule has 6 heteroatoms. The lowest BCUT2D eigenvalue weighted by Gasteiger charge is -2.17. The number of carbonyl (C=O) groups is 2. The maximum Gasteiger partial charge on any atom is 0.229 e. The van der Waals surface area contributed by atoms with E-state index in [1.807, 2.05) is 6.92 Å². The van der Waals surface area contributed by atoms with Crippen LogP contribution in [0.5, 0.6) is 0 Å². The Labute approximate surface area is 150 Å². The number of halogens is 2. The van der Waals surface area contributed by atoms with Crippen LogP contribution in [-0.2, 0) is 16.1 Å². The fourth-order valence-electron chi connectivity index (χ4n) is 2.89. The maximum atomic E-state index is 13.0. The van der Waals surface area contributed by atoms with E-state index >= 15 is 0 Å². The number of hydrogen-bond donors (Lipinski definition) is 1. The van der Waals surface area contributed by atoms with Crippen molar-refractivity contribution in [3.8, 4) is 0 Å². The average molecular weight is 361 g/mol. The Bertz CT molecular complexity index is 808. The van der Waals surface area contributed by atoms with Gasteiger partial charge in [0.15, 0.2) is 0 Å². The molecule has 3 rings (SSSR count). The van der Waals surface area contributed by atoms with Crippen LogP contribution in [0.15, 0.2) is 42.5 Å². The summed E-state index contributed by atoms with van der Waals surface area (Å²) in [6.45, 7) is 2.55. The highest BCUT2D eigenvalue weighted by Crippen LogP contribution is 2.26. The molecule has 1 atom stereocenters. The van der Waals surface area contributed by atoms with Gasteiger partial charge in [0.2, 0.25) is 11.8 Å². The number of nitrogens with one attached hydrogen (secondary N) is 1. The Morgan fingerprint density at radius 2 is 2.00 bits per heavy atom. The predicted molar refractivity (Wildman–Crippen MR) is 94.7 cm³/mol. The van der Waals surface area contributed by atoms with Gasteiger partial charge in [0.25, 0.3) is 0 Å². The van der Waals surface area contributed by atoms with Crippen LogP contribution in [0.2, 0.25) is 5.02 Å². The summed E-state index contributed by atoms with van der Waals surface area (Å²) in [6.07, 6.45) is 0.173. The van der Waals surface area contributed by atoms with Crippen LogP contribution in [0.25, 0.3) is 0 Å². The van der Waals surface area contributed by atoms with Gasteiger partial charge in [-0.25, -0.2) is 4.39 Å². The summed E-state index contributed by atoms with van der Waals surface area (Å²) in [5.41, 5.74) is 2.29. The Morgan fingerprint density at radius 3 is 2.72 bits per heavy atom. The van der Waals surface area contributed by atoms with Crippen molar-refractivity contribution < 1.29 is 14.0 Å². The first-order valence-electron chi connectivity index (χ1n) is 8.02. The molecule has 25 heavy (non-hydrogen) atoms. The second-order valence-electron chi connectivity index (χ2n) is 6.20. The maximum absolute atomic E-state index is 13.0. The molecule has 1 unspecified atom stereocenters. The van der Waals surface area contributed by atoms with Gasteiger partial charge in [-0.15, -0.1) is 0 Å². The van der Waals surface area contributed by atoms with Gasteiger partial charge in [-0.2, -0.15) is 0 Å². The molecule has 2 amide bonds. The zero-order valence-electron chi connectivity index (χ0n) is 13.8. The molecule has 1 N–H and O–H groups in total. The van der Waals surface area contributed by atoms with Gasteiger partial charge < -0.3 is 10.2 Å². The van der Waals surface area contributed by atoms with Crippen molar-refractivity contribution in [2.75, 3.05) is 11.9 Å². The van der Waals surface area contributed by atoms with Gasteiger partial charge in [0.1, 0.15) is 5.82 Å². The van der Waals surface area contributed by atoms with E-state index in [-0.39, 0.29) is 24.1 Å². The summed E-state index contributed by atoms with van der Waals surface area (Å²) in [4.78, 5) is 26.3. The summed E-state index contributed by atoms with van der Waals surface area (Å²) >= 11 is 6.06. The molecule has 2 aromatic carbocycles. The van der Waals surface area contributed by atoms with E-state index in [0.717, 1.165) is 11.1 Å². The average Bonchev–Trinajstić information content (AvgIpc) is 2.95. The normalized spacial score (nSPS) is 17.0. The van der Waals surface area contributed by atoms with Gasteiger partial charge in [-0.3, -0.25) is 9.59 Å². The Balaban J connectivity index is 1.64. The van der Waals surface area contributed by atoms with E-state index in [9.17, 15) is 14.0 Å². The number of likely N-dealkylation sites (tertiary alicyclic amines) is 1.